The van der Waals surface area contributed by atoms with Gasteiger partial charge in [-0.1, -0.05) is 6.07 Å². The van der Waals surface area contributed by atoms with Gasteiger partial charge in [0, 0.05) is 37.2 Å². The van der Waals surface area contributed by atoms with Crippen molar-refractivity contribution in [3.8, 4) is 11.5 Å². The zero-order valence-corrected chi connectivity index (χ0v) is 12.3. The average molecular weight is 281 g/mol. The highest BCUT2D eigenvalue weighted by atomic mass is 16.5. The Balaban J connectivity index is 2.02. The maximum Gasteiger partial charge on any atom is 0.127 e. The van der Waals surface area contributed by atoms with E-state index in [1.54, 1.807) is 14.2 Å². The second-order valence-corrected chi connectivity index (χ2v) is 5.24. The first-order valence-corrected chi connectivity index (χ1v) is 6.83. The number of hydrogen-bond donors (Lipinski definition) is 2. The van der Waals surface area contributed by atoms with Gasteiger partial charge in [-0.05, 0) is 13.0 Å². The van der Waals surface area contributed by atoms with Crippen LogP contribution in [-0.2, 0) is 4.74 Å². The molecule has 20 heavy (non-hydrogen) atoms. The van der Waals surface area contributed by atoms with E-state index in [0.717, 1.165) is 17.1 Å². The molecule has 1 heterocycles. The Bertz CT molecular complexity index is 443. The molecule has 0 radical (unpaired) electrons. The number of rotatable bonds is 6. The Hall–Kier alpha value is -1.30. The van der Waals surface area contributed by atoms with Crippen molar-refractivity contribution in [2.45, 2.75) is 25.0 Å². The molecular formula is C15H23NO4. The predicted octanol–water partition coefficient (Wildman–Crippen LogP) is 1.51. The van der Waals surface area contributed by atoms with Gasteiger partial charge in [0.1, 0.15) is 17.1 Å². The van der Waals surface area contributed by atoms with Crippen molar-refractivity contribution in [2.24, 2.45) is 0 Å². The SMILES string of the molecule is COc1ccc(C(C)NCC2(O)CCOC2)c(OC)c1. The summed E-state index contributed by atoms with van der Waals surface area (Å²) in [6.45, 7) is 3.57. The molecule has 1 saturated heterocycles. The molecule has 0 aromatic heterocycles. The molecule has 0 spiro atoms. The molecule has 1 aromatic rings. The minimum Gasteiger partial charge on any atom is -0.497 e. The van der Waals surface area contributed by atoms with Gasteiger partial charge < -0.3 is 24.6 Å². The van der Waals surface area contributed by atoms with Crippen molar-refractivity contribution in [2.75, 3.05) is 34.0 Å². The molecule has 0 bridgehead atoms. The van der Waals surface area contributed by atoms with Crippen LogP contribution in [0.15, 0.2) is 18.2 Å². The predicted molar refractivity (Wildman–Crippen MR) is 76.3 cm³/mol. The molecule has 112 valence electrons. The average Bonchev–Trinajstić information content (AvgIpc) is 2.91. The second kappa shape index (κ2) is 6.43. The maximum atomic E-state index is 10.3. The van der Waals surface area contributed by atoms with E-state index in [9.17, 15) is 5.11 Å². The molecule has 0 amide bonds. The first-order valence-electron chi connectivity index (χ1n) is 6.83. The van der Waals surface area contributed by atoms with Gasteiger partial charge in [0.15, 0.2) is 0 Å². The lowest BCUT2D eigenvalue weighted by Crippen LogP contribution is -2.41. The highest BCUT2D eigenvalue weighted by Crippen LogP contribution is 2.29. The van der Waals surface area contributed by atoms with Crippen molar-refractivity contribution >= 4 is 0 Å². The molecule has 1 aliphatic heterocycles. The van der Waals surface area contributed by atoms with Gasteiger partial charge in [-0.3, -0.25) is 0 Å². The molecular weight excluding hydrogens is 258 g/mol. The lowest BCUT2D eigenvalue weighted by molar-refractivity contribution is 0.0251. The van der Waals surface area contributed by atoms with Crippen LogP contribution in [0, 0.1) is 0 Å². The largest absolute Gasteiger partial charge is 0.497 e. The monoisotopic (exact) mass is 281 g/mol. The highest BCUT2D eigenvalue weighted by Gasteiger charge is 2.32. The summed E-state index contributed by atoms with van der Waals surface area (Å²) in [4.78, 5) is 0. The Morgan fingerprint density at radius 1 is 1.40 bits per heavy atom. The van der Waals surface area contributed by atoms with E-state index < -0.39 is 5.60 Å². The van der Waals surface area contributed by atoms with E-state index in [-0.39, 0.29) is 6.04 Å². The van der Waals surface area contributed by atoms with Gasteiger partial charge in [0.05, 0.1) is 20.8 Å². The number of benzene rings is 1. The normalized spacial score (nSPS) is 23.6. The van der Waals surface area contributed by atoms with Crippen LogP contribution in [0.3, 0.4) is 0 Å². The van der Waals surface area contributed by atoms with Crippen LogP contribution in [0.1, 0.15) is 24.9 Å². The molecule has 2 N–H and O–H groups in total. The van der Waals surface area contributed by atoms with Crippen LogP contribution in [0.2, 0.25) is 0 Å². The van der Waals surface area contributed by atoms with Gasteiger partial charge in [0.25, 0.3) is 0 Å². The lowest BCUT2D eigenvalue weighted by Gasteiger charge is -2.25. The fourth-order valence-corrected chi connectivity index (χ4v) is 2.37. The lowest BCUT2D eigenvalue weighted by atomic mass is 10.0. The van der Waals surface area contributed by atoms with Gasteiger partial charge in [-0.2, -0.15) is 0 Å². The van der Waals surface area contributed by atoms with Crippen molar-refractivity contribution in [1.82, 2.24) is 5.32 Å². The van der Waals surface area contributed by atoms with Crippen molar-refractivity contribution < 1.29 is 19.3 Å². The van der Waals surface area contributed by atoms with Crippen LogP contribution in [0.4, 0.5) is 0 Å². The minimum atomic E-state index is -0.756. The molecule has 2 rings (SSSR count). The maximum absolute atomic E-state index is 10.3. The van der Waals surface area contributed by atoms with Crippen molar-refractivity contribution in [3.05, 3.63) is 23.8 Å². The van der Waals surface area contributed by atoms with E-state index in [4.69, 9.17) is 14.2 Å². The molecule has 5 nitrogen and oxygen atoms in total. The number of methoxy groups -OCH3 is 2. The Labute approximate surface area is 119 Å². The summed E-state index contributed by atoms with van der Waals surface area (Å²) in [5, 5.41) is 13.6. The van der Waals surface area contributed by atoms with Gasteiger partial charge in [0.2, 0.25) is 0 Å². The smallest absolute Gasteiger partial charge is 0.127 e. The summed E-state index contributed by atoms with van der Waals surface area (Å²) in [7, 11) is 3.27. The molecule has 0 aliphatic carbocycles. The fourth-order valence-electron chi connectivity index (χ4n) is 2.37. The summed E-state index contributed by atoms with van der Waals surface area (Å²) >= 11 is 0. The first kappa shape index (κ1) is 15.1. The van der Waals surface area contributed by atoms with Gasteiger partial charge >= 0.3 is 0 Å². The molecule has 5 heteroatoms. The van der Waals surface area contributed by atoms with Crippen LogP contribution < -0.4 is 14.8 Å². The molecule has 2 atom stereocenters. The summed E-state index contributed by atoms with van der Waals surface area (Å²) in [6.07, 6.45) is 0.673. The van der Waals surface area contributed by atoms with Crippen molar-refractivity contribution in [3.63, 3.8) is 0 Å². The topological polar surface area (TPSA) is 60.0 Å². The number of aliphatic hydroxyl groups is 1. The second-order valence-electron chi connectivity index (χ2n) is 5.24. The van der Waals surface area contributed by atoms with Gasteiger partial charge in [-0.25, -0.2) is 0 Å². The highest BCUT2D eigenvalue weighted by molar-refractivity contribution is 5.42. The molecule has 2 unspecified atom stereocenters. The Morgan fingerprint density at radius 3 is 2.80 bits per heavy atom. The molecule has 1 fully saturated rings. The zero-order valence-electron chi connectivity index (χ0n) is 12.3. The third-order valence-electron chi connectivity index (χ3n) is 3.73. The van der Waals surface area contributed by atoms with E-state index in [1.807, 2.05) is 25.1 Å². The van der Waals surface area contributed by atoms with Crippen molar-refractivity contribution in [1.29, 1.82) is 0 Å². The molecule has 1 aromatic carbocycles. The third-order valence-corrected chi connectivity index (χ3v) is 3.73. The summed E-state index contributed by atoms with van der Waals surface area (Å²) in [6, 6.07) is 5.81. The van der Waals surface area contributed by atoms with E-state index in [0.29, 0.717) is 26.2 Å². The third kappa shape index (κ3) is 3.42. The zero-order chi connectivity index (χ0) is 14.6. The Morgan fingerprint density at radius 2 is 2.20 bits per heavy atom. The number of ether oxygens (including phenoxy) is 3. The standard InChI is InChI=1S/C15H23NO4/c1-11(16-9-15(17)6-7-20-10-15)13-5-4-12(18-2)8-14(13)19-3/h4-5,8,11,16-17H,6-7,9-10H2,1-3H3. The summed E-state index contributed by atoms with van der Waals surface area (Å²) in [5.41, 5.74) is 0.282. The molecule has 1 aliphatic rings. The summed E-state index contributed by atoms with van der Waals surface area (Å²) < 4.78 is 15.8. The van der Waals surface area contributed by atoms with Crippen LogP contribution in [-0.4, -0.2) is 44.7 Å². The number of hydrogen-bond acceptors (Lipinski definition) is 5. The molecule has 0 saturated carbocycles. The van der Waals surface area contributed by atoms with E-state index in [1.165, 1.54) is 0 Å². The van der Waals surface area contributed by atoms with Crippen LogP contribution >= 0.6 is 0 Å². The van der Waals surface area contributed by atoms with Crippen LogP contribution in [0.5, 0.6) is 11.5 Å². The van der Waals surface area contributed by atoms with Crippen LogP contribution in [0.25, 0.3) is 0 Å². The fraction of sp³-hybridized carbons (Fsp3) is 0.600. The quantitative estimate of drug-likeness (QED) is 0.827. The minimum absolute atomic E-state index is 0.0699. The number of nitrogens with one attached hydrogen (secondary N) is 1. The Kier molecular flexibility index (Phi) is 4.86. The first-order chi connectivity index (χ1) is 9.58. The van der Waals surface area contributed by atoms with E-state index >= 15 is 0 Å². The van der Waals surface area contributed by atoms with E-state index in [2.05, 4.69) is 5.32 Å². The van der Waals surface area contributed by atoms with Gasteiger partial charge in [-0.15, -0.1) is 0 Å². The summed E-state index contributed by atoms with van der Waals surface area (Å²) in [5.74, 6) is 1.54.